The summed E-state index contributed by atoms with van der Waals surface area (Å²) in [5.41, 5.74) is 0.313. The molecule has 21 heavy (non-hydrogen) atoms. The van der Waals surface area contributed by atoms with E-state index in [1.54, 1.807) is 17.0 Å². The van der Waals surface area contributed by atoms with Crippen LogP contribution < -0.4 is 5.32 Å². The monoisotopic (exact) mass is 356 g/mol. The number of anilines is 1. The zero-order chi connectivity index (χ0) is 15.6. The highest BCUT2D eigenvalue weighted by Crippen LogP contribution is 2.27. The van der Waals surface area contributed by atoms with Crippen LogP contribution >= 0.6 is 15.9 Å². The summed E-state index contributed by atoms with van der Waals surface area (Å²) in [6.07, 6.45) is -0.0369. The molecule has 2 atom stereocenters. The number of hydrogen-bond donors (Lipinski definition) is 2. The number of amides is 2. The summed E-state index contributed by atoms with van der Waals surface area (Å²) in [6, 6.07) is 4.37. The zero-order valence-corrected chi connectivity index (χ0v) is 13.4. The molecule has 0 aliphatic carbocycles. The number of nitrogens with one attached hydrogen (secondary N) is 1. The number of morpholine rings is 1. The maximum absolute atomic E-state index is 12.4. The fourth-order valence-electron chi connectivity index (χ4n) is 2.19. The average Bonchev–Trinajstić information content (AvgIpc) is 2.43. The van der Waals surface area contributed by atoms with E-state index in [2.05, 4.69) is 21.2 Å². The predicted octanol–water partition coefficient (Wildman–Crippen LogP) is 2.79. The van der Waals surface area contributed by atoms with Crippen LogP contribution in [0.4, 0.5) is 10.5 Å². The third-order valence-corrected chi connectivity index (χ3v) is 4.01. The summed E-state index contributed by atoms with van der Waals surface area (Å²) in [5.74, 6) is -1.09. The van der Waals surface area contributed by atoms with Crippen molar-refractivity contribution in [3.05, 3.63) is 28.2 Å². The molecule has 2 rings (SSSR count). The lowest BCUT2D eigenvalue weighted by molar-refractivity contribution is -0.0296. The van der Waals surface area contributed by atoms with Crippen molar-refractivity contribution in [3.8, 4) is 0 Å². The number of carboxylic acids is 1. The Bertz CT molecular complexity index is 564. The Morgan fingerprint density at radius 3 is 2.81 bits per heavy atom. The molecule has 1 aromatic carbocycles. The summed E-state index contributed by atoms with van der Waals surface area (Å²) in [4.78, 5) is 25.3. The minimum atomic E-state index is -1.09. The number of benzene rings is 1. The maximum Gasteiger partial charge on any atom is 0.337 e. The number of carbonyl (C=O) groups is 2. The Labute approximate surface area is 131 Å². The fourth-order valence-corrected chi connectivity index (χ4v) is 2.66. The number of nitrogens with zero attached hydrogens (tertiary/aromatic N) is 1. The highest BCUT2D eigenvalue weighted by atomic mass is 79.9. The second kappa shape index (κ2) is 6.44. The van der Waals surface area contributed by atoms with E-state index >= 15 is 0 Å². The van der Waals surface area contributed by atoms with Crippen molar-refractivity contribution < 1.29 is 19.4 Å². The van der Waals surface area contributed by atoms with E-state index in [0.29, 0.717) is 17.6 Å². The van der Waals surface area contributed by atoms with Gasteiger partial charge in [0.2, 0.25) is 0 Å². The van der Waals surface area contributed by atoms with Gasteiger partial charge in [0.1, 0.15) is 0 Å². The molecule has 1 aliphatic heterocycles. The molecular formula is C14H17BrN2O4. The summed E-state index contributed by atoms with van der Waals surface area (Å²) >= 11 is 3.27. The third-order valence-electron chi connectivity index (χ3n) is 3.34. The molecule has 6 nitrogen and oxygen atoms in total. The Kier molecular flexibility index (Phi) is 4.84. The summed E-state index contributed by atoms with van der Waals surface area (Å²) < 4.78 is 6.01. The van der Waals surface area contributed by atoms with E-state index in [1.165, 1.54) is 6.07 Å². The smallest absolute Gasteiger partial charge is 0.337 e. The number of carbonyl (C=O) groups excluding carboxylic acids is 1. The van der Waals surface area contributed by atoms with Gasteiger partial charge in [-0.3, -0.25) is 0 Å². The van der Waals surface area contributed by atoms with Gasteiger partial charge in [-0.1, -0.05) is 6.07 Å². The number of carboxylic acid groups (broad SMARTS) is 1. The van der Waals surface area contributed by atoms with Crippen LogP contribution in [0, 0.1) is 0 Å². The molecular weight excluding hydrogens is 340 g/mol. The highest BCUT2D eigenvalue weighted by molar-refractivity contribution is 9.10. The van der Waals surface area contributed by atoms with Gasteiger partial charge < -0.3 is 20.1 Å². The molecule has 0 spiro atoms. The van der Waals surface area contributed by atoms with Crippen LogP contribution in [0.5, 0.6) is 0 Å². The molecule has 2 unspecified atom stereocenters. The average molecular weight is 357 g/mol. The minimum absolute atomic E-state index is 0.0369. The number of rotatable bonds is 2. The molecule has 0 bridgehead atoms. The van der Waals surface area contributed by atoms with Gasteiger partial charge in [0.25, 0.3) is 0 Å². The van der Waals surface area contributed by atoms with Crippen molar-refractivity contribution >= 4 is 33.6 Å². The van der Waals surface area contributed by atoms with Crippen molar-refractivity contribution in [1.29, 1.82) is 0 Å². The SMILES string of the molecule is CC1CN(C(=O)Nc2c(Br)cccc2C(=O)O)C(C)CO1. The molecule has 1 fully saturated rings. The molecule has 7 heteroatoms. The quantitative estimate of drug-likeness (QED) is 0.853. The third kappa shape index (κ3) is 3.54. The van der Waals surface area contributed by atoms with Gasteiger partial charge in [0, 0.05) is 11.0 Å². The number of halogens is 1. The Morgan fingerprint density at radius 1 is 1.43 bits per heavy atom. The predicted molar refractivity (Wildman–Crippen MR) is 81.7 cm³/mol. The lowest BCUT2D eigenvalue weighted by Gasteiger charge is -2.36. The first-order valence-electron chi connectivity index (χ1n) is 6.61. The fraction of sp³-hybridized carbons (Fsp3) is 0.429. The normalized spacial score (nSPS) is 22.0. The molecule has 2 amide bonds. The van der Waals surface area contributed by atoms with Crippen LogP contribution in [0.15, 0.2) is 22.7 Å². The number of ether oxygens (including phenoxy) is 1. The van der Waals surface area contributed by atoms with Gasteiger partial charge in [-0.25, -0.2) is 9.59 Å². The van der Waals surface area contributed by atoms with Crippen LogP contribution in [0.1, 0.15) is 24.2 Å². The van der Waals surface area contributed by atoms with Crippen LogP contribution in [0.25, 0.3) is 0 Å². The van der Waals surface area contributed by atoms with Crippen LogP contribution in [-0.4, -0.2) is 47.3 Å². The first-order chi connectivity index (χ1) is 9.90. The van der Waals surface area contributed by atoms with E-state index in [1.807, 2.05) is 13.8 Å². The van der Waals surface area contributed by atoms with E-state index < -0.39 is 5.97 Å². The Hall–Kier alpha value is -1.60. The molecule has 2 N–H and O–H groups in total. The lowest BCUT2D eigenvalue weighted by Crippen LogP contribution is -2.51. The molecule has 1 heterocycles. The topological polar surface area (TPSA) is 78.9 Å². The van der Waals surface area contributed by atoms with Gasteiger partial charge in [0.15, 0.2) is 0 Å². The lowest BCUT2D eigenvalue weighted by atomic mass is 10.1. The Balaban J connectivity index is 2.21. The standard InChI is InChI=1S/C14H17BrN2O4/c1-8-7-21-9(2)6-17(8)14(20)16-12-10(13(18)19)4-3-5-11(12)15/h3-5,8-9H,6-7H2,1-2H3,(H,16,20)(H,18,19). The van der Waals surface area contributed by atoms with Gasteiger partial charge >= 0.3 is 12.0 Å². The first kappa shape index (κ1) is 15.8. The first-order valence-corrected chi connectivity index (χ1v) is 7.40. The largest absolute Gasteiger partial charge is 0.478 e. The van der Waals surface area contributed by atoms with Crippen molar-refractivity contribution in [1.82, 2.24) is 4.90 Å². The van der Waals surface area contributed by atoms with E-state index in [4.69, 9.17) is 4.74 Å². The van der Waals surface area contributed by atoms with Gasteiger partial charge in [-0.2, -0.15) is 0 Å². The molecule has 1 aromatic rings. The van der Waals surface area contributed by atoms with E-state index in [-0.39, 0.29) is 29.4 Å². The second-order valence-corrected chi connectivity index (χ2v) is 5.90. The van der Waals surface area contributed by atoms with Crippen molar-refractivity contribution in [2.24, 2.45) is 0 Å². The van der Waals surface area contributed by atoms with Gasteiger partial charge in [-0.15, -0.1) is 0 Å². The summed E-state index contributed by atoms with van der Waals surface area (Å²) in [6.45, 7) is 4.73. The number of para-hydroxylation sites is 1. The van der Waals surface area contributed by atoms with Crippen molar-refractivity contribution in [3.63, 3.8) is 0 Å². The van der Waals surface area contributed by atoms with Crippen molar-refractivity contribution in [2.75, 3.05) is 18.5 Å². The molecule has 0 saturated carbocycles. The molecule has 0 radical (unpaired) electrons. The number of urea groups is 1. The van der Waals surface area contributed by atoms with Crippen LogP contribution in [0.3, 0.4) is 0 Å². The molecule has 1 saturated heterocycles. The number of hydrogen-bond acceptors (Lipinski definition) is 3. The Morgan fingerprint density at radius 2 is 2.14 bits per heavy atom. The number of aromatic carboxylic acids is 1. The zero-order valence-electron chi connectivity index (χ0n) is 11.8. The molecule has 0 aromatic heterocycles. The van der Waals surface area contributed by atoms with Crippen LogP contribution in [-0.2, 0) is 4.74 Å². The van der Waals surface area contributed by atoms with Gasteiger partial charge in [-0.05, 0) is 41.9 Å². The highest BCUT2D eigenvalue weighted by Gasteiger charge is 2.28. The summed E-state index contributed by atoms with van der Waals surface area (Å²) in [7, 11) is 0. The second-order valence-electron chi connectivity index (χ2n) is 5.04. The molecule has 1 aliphatic rings. The van der Waals surface area contributed by atoms with E-state index in [0.717, 1.165) is 0 Å². The van der Waals surface area contributed by atoms with Gasteiger partial charge in [0.05, 0.1) is 30.0 Å². The maximum atomic E-state index is 12.4. The minimum Gasteiger partial charge on any atom is -0.478 e. The van der Waals surface area contributed by atoms with E-state index in [9.17, 15) is 14.7 Å². The summed E-state index contributed by atoms with van der Waals surface area (Å²) in [5, 5.41) is 11.9. The van der Waals surface area contributed by atoms with Crippen LogP contribution in [0.2, 0.25) is 0 Å². The molecule has 114 valence electrons. The van der Waals surface area contributed by atoms with Crippen molar-refractivity contribution in [2.45, 2.75) is 26.0 Å².